The van der Waals surface area contributed by atoms with Gasteiger partial charge in [0.25, 0.3) is 0 Å². The summed E-state index contributed by atoms with van der Waals surface area (Å²) in [6.07, 6.45) is 0. The molecule has 4 nitrogen and oxygen atoms in total. The molecular weight excluding hydrogens is 170 g/mol. The van der Waals surface area contributed by atoms with E-state index < -0.39 is 0 Å². The predicted molar refractivity (Wildman–Crippen MR) is 49.0 cm³/mol. The van der Waals surface area contributed by atoms with Gasteiger partial charge >= 0.3 is 5.97 Å². The van der Waals surface area contributed by atoms with E-state index in [1.54, 1.807) is 12.1 Å². The van der Waals surface area contributed by atoms with Gasteiger partial charge in [-0.1, -0.05) is 18.2 Å². The zero-order valence-corrected chi connectivity index (χ0v) is 7.53. The summed E-state index contributed by atoms with van der Waals surface area (Å²) < 4.78 is 9.49. The van der Waals surface area contributed by atoms with Crippen molar-refractivity contribution < 1.29 is 14.3 Å². The Labute approximate surface area is 77.1 Å². The number of carbonyl (C=O) groups excluding carboxylic acids is 1. The summed E-state index contributed by atoms with van der Waals surface area (Å²) in [5.41, 5.74) is 0. The summed E-state index contributed by atoms with van der Waals surface area (Å²) in [6, 6.07) is 9.12. The smallest absolute Gasteiger partial charge is 0.343 e. The van der Waals surface area contributed by atoms with Gasteiger partial charge in [0.2, 0.25) is 0 Å². The second kappa shape index (κ2) is 6.02. The van der Waals surface area contributed by atoms with Crippen LogP contribution < -0.4 is 10.9 Å². The maximum Gasteiger partial charge on any atom is 0.343 e. The van der Waals surface area contributed by atoms with Crippen molar-refractivity contribution in [3.63, 3.8) is 0 Å². The van der Waals surface area contributed by atoms with Crippen LogP contribution in [0.15, 0.2) is 30.3 Å². The predicted octanol–water partition coefficient (Wildman–Crippen LogP) is 1.40. The Bertz CT molecular complexity index is 248. The number of methoxy groups -OCH3 is 1. The molecule has 0 unspecified atom stereocenters. The lowest BCUT2D eigenvalue weighted by molar-refractivity contribution is -0.142. The molecular formula is C9H13NO3. The van der Waals surface area contributed by atoms with Gasteiger partial charge in [-0.3, -0.25) is 0 Å². The van der Waals surface area contributed by atoms with Crippen LogP contribution in [0.3, 0.4) is 0 Å². The molecule has 0 atom stereocenters. The van der Waals surface area contributed by atoms with E-state index in [0.717, 1.165) is 0 Å². The summed E-state index contributed by atoms with van der Waals surface area (Å²) in [7, 11) is 1.33. The van der Waals surface area contributed by atoms with Crippen LogP contribution in [-0.4, -0.2) is 19.7 Å². The Kier molecular flexibility index (Phi) is 5.30. The van der Waals surface area contributed by atoms with Crippen LogP contribution in [-0.2, 0) is 9.53 Å². The summed E-state index contributed by atoms with van der Waals surface area (Å²) in [6.45, 7) is -0.0412. The lowest BCUT2D eigenvalue weighted by atomic mass is 10.3. The molecule has 0 bridgehead atoms. The molecule has 13 heavy (non-hydrogen) atoms. The highest BCUT2D eigenvalue weighted by Gasteiger charge is 1.99. The third-order valence-corrected chi connectivity index (χ3v) is 1.33. The zero-order chi connectivity index (χ0) is 8.81. The number of hydrogen-bond donors (Lipinski definition) is 1. The van der Waals surface area contributed by atoms with Crippen LogP contribution in [0.2, 0.25) is 0 Å². The van der Waals surface area contributed by atoms with Gasteiger partial charge in [-0.2, -0.15) is 0 Å². The first-order valence-electron chi connectivity index (χ1n) is 3.57. The second-order valence-corrected chi connectivity index (χ2v) is 2.18. The van der Waals surface area contributed by atoms with Crippen molar-refractivity contribution in [2.24, 2.45) is 0 Å². The number of para-hydroxylation sites is 1. The van der Waals surface area contributed by atoms with Gasteiger partial charge in [-0.25, -0.2) is 4.79 Å². The van der Waals surface area contributed by atoms with Crippen molar-refractivity contribution in [2.45, 2.75) is 0 Å². The van der Waals surface area contributed by atoms with Gasteiger partial charge in [-0.15, -0.1) is 0 Å². The highest BCUT2D eigenvalue weighted by atomic mass is 16.6. The number of carbonyl (C=O) groups is 1. The highest BCUT2D eigenvalue weighted by Crippen LogP contribution is 2.07. The van der Waals surface area contributed by atoms with E-state index in [1.165, 1.54) is 7.11 Å². The molecule has 0 fully saturated rings. The monoisotopic (exact) mass is 183 g/mol. The Morgan fingerprint density at radius 2 is 1.92 bits per heavy atom. The fraction of sp³-hybridized carbons (Fsp3) is 0.222. The Hall–Kier alpha value is -1.55. The summed E-state index contributed by atoms with van der Waals surface area (Å²) >= 11 is 0. The van der Waals surface area contributed by atoms with E-state index in [0.29, 0.717) is 5.75 Å². The molecule has 0 amide bonds. The third kappa shape index (κ3) is 4.12. The maximum absolute atomic E-state index is 10.6. The van der Waals surface area contributed by atoms with Crippen LogP contribution in [0.1, 0.15) is 0 Å². The molecule has 1 rings (SSSR count). The Balaban J connectivity index is 0.00000144. The quantitative estimate of drug-likeness (QED) is 0.719. The second-order valence-electron chi connectivity index (χ2n) is 2.18. The standard InChI is InChI=1S/C9H10O3.H3N/c1-11-9(10)7-12-8-5-3-2-4-6-8;/h2-6H,7H2,1H3;1H3. The van der Waals surface area contributed by atoms with Crippen LogP contribution in [0, 0.1) is 0 Å². The summed E-state index contributed by atoms with van der Waals surface area (Å²) in [5, 5.41) is 0. The number of ether oxygens (including phenoxy) is 2. The van der Waals surface area contributed by atoms with E-state index in [1.807, 2.05) is 18.2 Å². The first-order chi connectivity index (χ1) is 5.83. The lowest BCUT2D eigenvalue weighted by Crippen LogP contribution is -2.12. The first kappa shape index (κ1) is 11.4. The minimum absolute atomic E-state index is 0. The van der Waals surface area contributed by atoms with Crippen molar-refractivity contribution in [1.82, 2.24) is 6.15 Å². The molecule has 0 radical (unpaired) electrons. The minimum atomic E-state index is -0.376. The van der Waals surface area contributed by atoms with Gasteiger partial charge in [0.1, 0.15) is 5.75 Å². The maximum atomic E-state index is 10.6. The van der Waals surface area contributed by atoms with Gasteiger partial charge in [0, 0.05) is 0 Å². The molecule has 0 saturated carbocycles. The molecule has 0 aliphatic heterocycles. The number of esters is 1. The number of rotatable bonds is 3. The molecule has 0 aromatic heterocycles. The normalized spacial score (nSPS) is 8.38. The molecule has 0 saturated heterocycles. The molecule has 1 aromatic rings. The highest BCUT2D eigenvalue weighted by molar-refractivity contribution is 5.70. The van der Waals surface area contributed by atoms with Gasteiger partial charge in [0.15, 0.2) is 6.61 Å². The molecule has 1 aromatic carbocycles. The molecule has 4 heteroatoms. The molecule has 0 spiro atoms. The zero-order valence-electron chi connectivity index (χ0n) is 7.53. The van der Waals surface area contributed by atoms with Crippen LogP contribution in [0.4, 0.5) is 0 Å². The van der Waals surface area contributed by atoms with E-state index in [4.69, 9.17) is 4.74 Å². The molecule has 0 aliphatic rings. The Morgan fingerprint density at radius 1 is 1.31 bits per heavy atom. The molecule has 0 aliphatic carbocycles. The largest absolute Gasteiger partial charge is 0.482 e. The van der Waals surface area contributed by atoms with E-state index in [2.05, 4.69) is 4.74 Å². The SMILES string of the molecule is COC(=O)COc1ccccc1.N. The molecule has 3 N–H and O–H groups in total. The summed E-state index contributed by atoms with van der Waals surface area (Å²) in [4.78, 5) is 10.6. The van der Waals surface area contributed by atoms with E-state index >= 15 is 0 Å². The van der Waals surface area contributed by atoms with Gasteiger partial charge in [0.05, 0.1) is 7.11 Å². The molecule has 0 heterocycles. The van der Waals surface area contributed by atoms with Crippen LogP contribution in [0.25, 0.3) is 0 Å². The van der Waals surface area contributed by atoms with Crippen molar-refractivity contribution in [2.75, 3.05) is 13.7 Å². The fourth-order valence-corrected chi connectivity index (χ4v) is 0.718. The molecule has 72 valence electrons. The fourth-order valence-electron chi connectivity index (χ4n) is 0.718. The van der Waals surface area contributed by atoms with Crippen LogP contribution >= 0.6 is 0 Å². The first-order valence-corrected chi connectivity index (χ1v) is 3.57. The minimum Gasteiger partial charge on any atom is -0.482 e. The van der Waals surface area contributed by atoms with Gasteiger partial charge < -0.3 is 15.6 Å². The van der Waals surface area contributed by atoms with Gasteiger partial charge in [-0.05, 0) is 12.1 Å². The summed E-state index contributed by atoms with van der Waals surface area (Å²) in [5.74, 6) is 0.293. The third-order valence-electron chi connectivity index (χ3n) is 1.33. The van der Waals surface area contributed by atoms with E-state index in [-0.39, 0.29) is 18.7 Å². The topological polar surface area (TPSA) is 70.5 Å². The lowest BCUT2D eigenvalue weighted by Gasteiger charge is -2.02. The van der Waals surface area contributed by atoms with Crippen molar-refractivity contribution >= 4 is 5.97 Å². The van der Waals surface area contributed by atoms with E-state index in [9.17, 15) is 4.79 Å². The van der Waals surface area contributed by atoms with Crippen molar-refractivity contribution in [3.8, 4) is 5.75 Å². The Morgan fingerprint density at radius 3 is 2.46 bits per heavy atom. The number of benzene rings is 1. The average molecular weight is 183 g/mol. The average Bonchev–Trinajstić information content (AvgIpc) is 2.16. The number of hydrogen-bond acceptors (Lipinski definition) is 4. The van der Waals surface area contributed by atoms with Crippen molar-refractivity contribution in [1.29, 1.82) is 0 Å². The van der Waals surface area contributed by atoms with Crippen molar-refractivity contribution in [3.05, 3.63) is 30.3 Å². The van der Waals surface area contributed by atoms with Crippen LogP contribution in [0.5, 0.6) is 5.75 Å².